The number of unbranched alkanes of at least 4 members (excludes halogenated alkanes) is 2. The Kier molecular flexibility index (Phi) is 5.42. The SMILES string of the molecule is CCCCCNS(=O)(=O)c1ccc2c(N(C)C)cccc2c1. The number of sulfonamides is 1. The van der Waals surface area contributed by atoms with E-state index in [1.54, 1.807) is 12.1 Å². The second-order valence-electron chi connectivity index (χ2n) is 5.66. The van der Waals surface area contributed by atoms with Crippen LogP contribution < -0.4 is 9.62 Å². The van der Waals surface area contributed by atoms with Crippen LogP contribution in [0.15, 0.2) is 41.3 Å². The molecule has 22 heavy (non-hydrogen) atoms. The highest BCUT2D eigenvalue weighted by Gasteiger charge is 2.14. The summed E-state index contributed by atoms with van der Waals surface area (Å²) in [6.07, 6.45) is 2.98. The van der Waals surface area contributed by atoms with Gasteiger partial charge in [0.1, 0.15) is 0 Å². The molecule has 5 heteroatoms. The molecule has 0 aliphatic rings. The Morgan fingerprint density at radius 1 is 1.09 bits per heavy atom. The smallest absolute Gasteiger partial charge is 0.240 e. The number of benzene rings is 2. The van der Waals surface area contributed by atoms with Crippen molar-refractivity contribution in [3.05, 3.63) is 36.4 Å². The van der Waals surface area contributed by atoms with Gasteiger partial charge in [-0.05, 0) is 30.0 Å². The molecule has 0 unspecified atom stereocenters. The summed E-state index contributed by atoms with van der Waals surface area (Å²) < 4.78 is 27.3. The molecule has 0 bridgehead atoms. The molecule has 2 rings (SSSR count). The number of hydrogen-bond acceptors (Lipinski definition) is 3. The largest absolute Gasteiger partial charge is 0.377 e. The third-order valence-corrected chi connectivity index (χ3v) is 5.15. The second-order valence-corrected chi connectivity index (χ2v) is 7.43. The fraction of sp³-hybridized carbons (Fsp3) is 0.412. The van der Waals surface area contributed by atoms with Gasteiger partial charge in [-0.25, -0.2) is 13.1 Å². The number of nitrogens with zero attached hydrogens (tertiary/aromatic N) is 1. The first-order valence-electron chi connectivity index (χ1n) is 7.65. The molecule has 0 fully saturated rings. The van der Waals surface area contributed by atoms with Crippen molar-refractivity contribution in [3.8, 4) is 0 Å². The van der Waals surface area contributed by atoms with E-state index < -0.39 is 10.0 Å². The van der Waals surface area contributed by atoms with Gasteiger partial charge in [0.05, 0.1) is 4.90 Å². The predicted molar refractivity (Wildman–Crippen MR) is 93.0 cm³/mol. The molecule has 2 aromatic rings. The topological polar surface area (TPSA) is 49.4 Å². The molecule has 0 spiro atoms. The molecule has 0 aliphatic heterocycles. The van der Waals surface area contributed by atoms with E-state index in [9.17, 15) is 8.42 Å². The van der Waals surface area contributed by atoms with Crippen molar-refractivity contribution in [3.63, 3.8) is 0 Å². The van der Waals surface area contributed by atoms with Crippen molar-refractivity contribution in [1.29, 1.82) is 0 Å². The molecule has 0 saturated carbocycles. The molecule has 0 heterocycles. The summed E-state index contributed by atoms with van der Waals surface area (Å²) in [5, 5.41) is 1.99. The molecule has 0 aromatic heterocycles. The molecule has 4 nitrogen and oxygen atoms in total. The highest BCUT2D eigenvalue weighted by molar-refractivity contribution is 7.89. The summed E-state index contributed by atoms with van der Waals surface area (Å²) in [6.45, 7) is 2.59. The summed E-state index contributed by atoms with van der Waals surface area (Å²) in [6, 6.07) is 11.2. The van der Waals surface area contributed by atoms with Crippen LogP contribution in [0.25, 0.3) is 10.8 Å². The lowest BCUT2D eigenvalue weighted by atomic mass is 10.1. The molecule has 0 aliphatic carbocycles. The molecule has 2 aromatic carbocycles. The van der Waals surface area contributed by atoms with Gasteiger partial charge in [0.25, 0.3) is 0 Å². The fourth-order valence-corrected chi connectivity index (χ4v) is 3.58. The van der Waals surface area contributed by atoms with Gasteiger partial charge < -0.3 is 4.90 Å². The van der Waals surface area contributed by atoms with Gasteiger partial charge >= 0.3 is 0 Å². The van der Waals surface area contributed by atoms with Crippen molar-refractivity contribution in [1.82, 2.24) is 4.72 Å². The average Bonchev–Trinajstić information content (AvgIpc) is 2.50. The lowest BCUT2D eigenvalue weighted by molar-refractivity contribution is 0.576. The minimum absolute atomic E-state index is 0.326. The van der Waals surface area contributed by atoms with E-state index >= 15 is 0 Å². The van der Waals surface area contributed by atoms with Gasteiger partial charge in [-0.15, -0.1) is 0 Å². The Bertz CT molecular complexity index is 739. The van der Waals surface area contributed by atoms with Gasteiger partial charge in [0.15, 0.2) is 0 Å². The molecular formula is C17H24N2O2S. The molecule has 0 radical (unpaired) electrons. The Balaban J connectivity index is 2.29. The maximum Gasteiger partial charge on any atom is 0.240 e. The molecule has 120 valence electrons. The minimum Gasteiger partial charge on any atom is -0.377 e. The molecule has 0 amide bonds. The zero-order chi connectivity index (χ0) is 16.2. The number of nitrogens with one attached hydrogen (secondary N) is 1. The molecule has 0 atom stereocenters. The van der Waals surface area contributed by atoms with Crippen molar-refractivity contribution < 1.29 is 8.42 Å². The van der Waals surface area contributed by atoms with Crippen molar-refractivity contribution in [2.24, 2.45) is 0 Å². The van der Waals surface area contributed by atoms with Crippen LogP contribution in [-0.4, -0.2) is 29.1 Å². The number of fused-ring (bicyclic) bond motifs is 1. The summed E-state index contributed by atoms with van der Waals surface area (Å²) in [4.78, 5) is 2.35. The van der Waals surface area contributed by atoms with Crippen LogP contribution in [0, 0.1) is 0 Å². The van der Waals surface area contributed by atoms with Crippen molar-refractivity contribution in [2.75, 3.05) is 25.5 Å². The van der Waals surface area contributed by atoms with Crippen LogP contribution in [-0.2, 0) is 10.0 Å². The Morgan fingerprint density at radius 3 is 2.55 bits per heavy atom. The van der Waals surface area contributed by atoms with Crippen LogP contribution in [0.5, 0.6) is 0 Å². The summed E-state index contributed by atoms with van der Waals surface area (Å²) in [5.74, 6) is 0. The summed E-state index contributed by atoms with van der Waals surface area (Å²) in [5.41, 5.74) is 1.08. The van der Waals surface area contributed by atoms with E-state index in [0.717, 1.165) is 35.7 Å². The van der Waals surface area contributed by atoms with E-state index in [-0.39, 0.29) is 0 Å². The minimum atomic E-state index is -3.43. The van der Waals surface area contributed by atoms with Crippen LogP contribution in [0.3, 0.4) is 0 Å². The first-order chi connectivity index (χ1) is 10.5. The quantitative estimate of drug-likeness (QED) is 0.796. The van der Waals surface area contributed by atoms with Gasteiger partial charge in [0.2, 0.25) is 10.0 Å². The average molecular weight is 320 g/mol. The summed E-state index contributed by atoms with van der Waals surface area (Å²) in [7, 11) is 0.533. The molecular weight excluding hydrogens is 296 g/mol. The fourth-order valence-electron chi connectivity index (χ4n) is 2.47. The standard InChI is InChI=1S/C17H24N2O2S/c1-4-5-6-12-18-22(20,21)15-10-11-16-14(13-15)8-7-9-17(16)19(2)3/h7-11,13,18H,4-6,12H2,1-3H3. The number of hydrogen-bond donors (Lipinski definition) is 1. The maximum absolute atomic E-state index is 12.3. The Hall–Kier alpha value is -1.59. The zero-order valence-electron chi connectivity index (χ0n) is 13.5. The second kappa shape index (κ2) is 7.11. The highest BCUT2D eigenvalue weighted by Crippen LogP contribution is 2.27. The van der Waals surface area contributed by atoms with Gasteiger partial charge in [0, 0.05) is 31.7 Å². The van der Waals surface area contributed by atoms with E-state index in [1.165, 1.54) is 0 Å². The van der Waals surface area contributed by atoms with Gasteiger partial charge in [-0.3, -0.25) is 0 Å². The molecule has 1 N–H and O–H groups in total. The Morgan fingerprint density at radius 2 is 1.86 bits per heavy atom. The third-order valence-electron chi connectivity index (χ3n) is 3.69. The lowest BCUT2D eigenvalue weighted by Crippen LogP contribution is -2.24. The van der Waals surface area contributed by atoms with E-state index in [0.29, 0.717) is 11.4 Å². The predicted octanol–water partition coefficient (Wildman–Crippen LogP) is 3.37. The van der Waals surface area contributed by atoms with E-state index in [4.69, 9.17) is 0 Å². The van der Waals surface area contributed by atoms with Crippen LogP contribution >= 0.6 is 0 Å². The number of rotatable bonds is 7. The molecule has 0 saturated heterocycles. The normalized spacial score (nSPS) is 11.8. The van der Waals surface area contributed by atoms with Crippen LogP contribution in [0.2, 0.25) is 0 Å². The lowest BCUT2D eigenvalue weighted by Gasteiger charge is -2.16. The van der Waals surface area contributed by atoms with Crippen molar-refractivity contribution >= 4 is 26.5 Å². The zero-order valence-corrected chi connectivity index (χ0v) is 14.3. The Labute approximate surface area is 133 Å². The number of anilines is 1. The monoisotopic (exact) mass is 320 g/mol. The van der Waals surface area contributed by atoms with Crippen LogP contribution in [0.4, 0.5) is 5.69 Å². The summed E-state index contributed by atoms with van der Waals surface area (Å²) >= 11 is 0. The van der Waals surface area contributed by atoms with Gasteiger partial charge in [-0.2, -0.15) is 0 Å². The maximum atomic E-state index is 12.3. The first kappa shape index (κ1) is 16.8. The highest BCUT2D eigenvalue weighted by atomic mass is 32.2. The third kappa shape index (κ3) is 3.78. The van der Waals surface area contributed by atoms with E-state index in [1.807, 2.05) is 43.3 Å². The van der Waals surface area contributed by atoms with Crippen LogP contribution in [0.1, 0.15) is 26.2 Å². The van der Waals surface area contributed by atoms with Crippen molar-refractivity contribution in [2.45, 2.75) is 31.1 Å². The van der Waals surface area contributed by atoms with E-state index in [2.05, 4.69) is 11.6 Å². The first-order valence-corrected chi connectivity index (χ1v) is 9.14. The van der Waals surface area contributed by atoms with Gasteiger partial charge in [-0.1, -0.05) is 38.0 Å².